The summed E-state index contributed by atoms with van der Waals surface area (Å²) in [5.41, 5.74) is 1.24. The maximum Gasteiger partial charge on any atom is 0.191 e. The predicted molar refractivity (Wildman–Crippen MR) is 89.5 cm³/mol. The Labute approximate surface area is 128 Å². The molecule has 0 aromatic heterocycles. The van der Waals surface area contributed by atoms with Gasteiger partial charge >= 0.3 is 0 Å². The number of hydrogen-bond acceptors (Lipinski definition) is 2. The highest BCUT2D eigenvalue weighted by Gasteiger charge is 2.20. The molecule has 2 N–H and O–H groups in total. The summed E-state index contributed by atoms with van der Waals surface area (Å²) in [5, 5.41) is 6.82. The smallest absolute Gasteiger partial charge is 0.191 e. The minimum Gasteiger partial charge on any atom is -0.357 e. The molecule has 21 heavy (non-hydrogen) atoms. The summed E-state index contributed by atoms with van der Waals surface area (Å²) in [4.78, 5) is 7.18. The van der Waals surface area contributed by atoms with Gasteiger partial charge in [0.1, 0.15) is 0 Å². The molecule has 1 aromatic carbocycles. The summed E-state index contributed by atoms with van der Waals surface area (Å²) >= 11 is 0. The van der Waals surface area contributed by atoms with Crippen molar-refractivity contribution in [3.8, 4) is 0 Å². The topological polar surface area (TPSA) is 39.7 Å². The van der Waals surface area contributed by atoms with Crippen molar-refractivity contribution in [3.05, 3.63) is 35.9 Å². The summed E-state index contributed by atoms with van der Waals surface area (Å²) in [7, 11) is 0. The molecule has 1 aliphatic rings. The second-order valence-electron chi connectivity index (χ2n) is 5.61. The number of benzene rings is 1. The van der Waals surface area contributed by atoms with Crippen LogP contribution in [-0.4, -0.2) is 43.6 Å². The summed E-state index contributed by atoms with van der Waals surface area (Å²) in [6.45, 7) is 10.6. The number of guanidine groups is 1. The summed E-state index contributed by atoms with van der Waals surface area (Å²) < 4.78 is 0. The normalized spacial score (nSPS) is 19.7. The van der Waals surface area contributed by atoms with Crippen LogP contribution in [-0.2, 0) is 6.54 Å². The van der Waals surface area contributed by atoms with Gasteiger partial charge in [-0.05, 0) is 37.9 Å². The van der Waals surface area contributed by atoms with Gasteiger partial charge in [-0.25, -0.2) is 4.99 Å². The van der Waals surface area contributed by atoms with E-state index in [1.807, 2.05) is 6.07 Å². The van der Waals surface area contributed by atoms with Crippen molar-refractivity contribution in [2.75, 3.05) is 32.7 Å². The monoisotopic (exact) mass is 288 g/mol. The lowest BCUT2D eigenvalue weighted by Crippen LogP contribution is -2.40. The van der Waals surface area contributed by atoms with Crippen LogP contribution in [0.4, 0.5) is 0 Å². The molecule has 4 nitrogen and oxygen atoms in total. The maximum atomic E-state index is 4.66. The third-order valence-electron chi connectivity index (χ3n) is 3.98. The highest BCUT2D eigenvalue weighted by Crippen LogP contribution is 2.14. The van der Waals surface area contributed by atoms with E-state index in [4.69, 9.17) is 0 Å². The Bertz CT molecular complexity index is 430. The van der Waals surface area contributed by atoms with E-state index in [0.717, 1.165) is 31.5 Å². The molecule has 0 amide bonds. The van der Waals surface area contributed by atoms with Crippen LogP contribution in [0.5, 0.6) is 0 Å². The molecule has 1 heterocycles. The number of likely N-dealkylation sites (tertiary alicyclic amines) is 1. The third kappa shape index (κ3) is 5.38. The van der Waals surface area contributed by atoms with E-state index in [9.17, 15) is 0 Å². The van der Waals surface area contributed by atoms with Gasteiger partial charge in [0.25, 0.3) is 0 Å². The fraction of sp³-hybridized carbons (Fsp3) is 0.588. The van der Waals surface area contributed by atoms with Crippen LogP contribution in [0.25, 0.3) is 0 Å². The van der Waals surface area contributed by atoms with E-state index in [0.29, 0.717) is 0 Å². The van der Waals surface area contributed by atoms with Crippen molar-refractivity contribution < 1.29 is 0 Å². The molecule has 0 radical (unpaired) electrons. The van der Waals surface area contributed by atoms with Gasteiger partial charge in [0.2, 0.25) is 0 Å². The Hall–Kier alpha value is -1.55. The first-order chi connectivity index (χ1) is 10.3. The zero-order valence-electron chi connectivity index (χ0n) is 13.3. The first-order valence-corrected chi connectivity index (χ1v) is 8.10. The zero-order valence-corrected chi connectivity index (χ0v) is 13.3. The van der Waals surface area contributed by atoms with Crippen LogP contribution in [0.2, 0.25) is 0 Å². The molecule has 0 aliphatic carbocycles. The third-order valence-corrected chi connectivity index (χ3v) is 3.98. The van der Waals surface area contributed by atoms with Crippen molar-refractivity contribution in [1.29, 1.82) is 0 Å². The van der Waals surface area contributed by atoms with Gasteiger partial charge in [0.05, 0.1) is 6.54 Å². The number of nitrogens with one attached hydrogen (secondary N) is 2. The highest BCUT2D eigenvalue weighted by atomic mass is 15.2. The largest absolute Gasteiger partial charge is 0.357 e. The molecule has 0 saturated carbocycles. The van der Waals surface area contributed by atoms with Crippen LogP contribution in [0, 0.1) is 5.92 Å². The SMILES string of the molecule is CCNC(=NCc1ccccc1)NCC1CCN(CC)C1. The molecule has 4 heteroatoms. The van der Waals surface area contributed by atoms with Crippen molar-refractivity contribution in [2.45, 2.75) is 26.8 Å². The van der Waals surface area contributed by atoms with Gasteiger partial charge in [-0.3, -0.25) is 0 Å². The van der Waals surface area contributed by atoms with E-state index < -0.39 is 0 Å². The molecule has 116 valence electrons. The summed E-state index contributed by atoms with van der Waals surface area (Å²) in [5.74, 6) is 1.67. The van der Waals surface area contributed by atoms with E-state index in [-0.39, 0.29) is 0 Å². The van der Waals surface area contributed by atoms with Crippen LogP contribution >= 0.6 is 0 Å². The number of nitrogens with zero attached hydrogens (tertiary/aromatic N) is 2. The fourth-order valence-corrected chi connectivity index (χ4v) is 2.70. The molecule has 0 bridgehead atoms. The predicted octanol–water partition coefficient (Wildman–Crippen LogP) is 2.08. The minimum atomic E-state index is 0.724. The molecule has 1 saturated heterocycles. The van der Waals surface area contributed by atoms with Crippen LogP contribution in [0.1, 0.15) is 25.8 Å². The van der Waals surface area contributed by atoms with Crippen molar-refractivity contribution >= 4 is 5.96 Å². The summed E-state index contributed by atoms with van der Waals surface area (Å²) in [6.07, 6.45) is 1.29. The number of hydrogen-bond donors (Lipinski definition) is 2. The molecule has 1 unspecified atom stereocenters. The number of rotatable bonds is 6. The van der Waals surface area contributed by atoms with Gasteiger partial charge in [-0.1, -0.05) is 37.3 Å². The first kappa shape index (κ1) is 15.8. The van der Waals surface area contributed by atoms with Crippen molar-refractivity contribution in [2.24, 2.45) is 10.9 Å². The molecule has 1 aromatic rings. The van der Waals surface area contributed by atoms with Gasteiger partial charge in [0, 0.05) is 19.6 Å². The Balaban J connectivity index is 1.81. The highest BCUT2D eigenvalue weighted by molar-refractivity contribution is 5.79. The van der Waals surface area contributed by atoms with Gasteiger partial charge in [0.15, 0.2) is 5.96 Å². The maximum absolute atomic E-state index is 4.66. The average Bonchev–Trinajstić information content (AvgIpc) is 2.99. The average molecular weight is 288 g/mol. The second-order valence-corrected chi connectivity index (χ2v) is 5.61. The number of aliphatic imine (C=N–C) groups is 1. The quantitative estimate of drug-likeness (QED) is 0.622. The van der Waals surface area contributed by atoms with Crippen LogP contribution < -0.4 is 10.6 Å². The molecular formula is C17H28N4. The van der Waals surface area contributed by atoms with Crippen LogP contribution in [0.3, 0.4) is 0 Å². The van der Waals surface area contributed by atoms with E-state index in [1.165, 1.54) is 31.6 Å². The molecule has 1 aliphatic heterocycles. The Morgan fingerprint density at radius 2 is 2.05 bits per heavy atom. The molecule has 0 spiro atoms. The zero-order chi connectivity index (χ0) is 14.9. The Morgan fingerprint density at radius 3 is 2.71 bits per heavy atom. The van der Waals surface area contributed by atoms with E-state index in [2.05, 4.69) is 58.6 Å². The lowest BCUT2D eigenvalue weighted by Gasteiger charge is -2.16. The van der Waals surface area contributed by atoms with E-state index in [1.54, 1.807) is 0 Å². The van der Waals surface area contributed by atoms with Crippen molar-refractivity contribution in [3.63, 3.8) is 0 Å². The van der Waals surface area contributed by atoms with E-state index >= 15 is 0 Å². The van der Waals surface area contributed by atoms with Gasteiger partial charge < -0.3 is 15.5 Å². The Kier molecular flexibility index (Phi) is 6.54. The molecular weight excluding hydrogens is 260 g/mol. The fourth-order valence-electron chi connectivity index (χ4n) is 2.70. The molecule has 2 rings (SSSR count). The van der Waals surface area contributed by atoms with Crippen molar-refractivity contribution in [1.82, 2.24) is 15.5 Å². The summed E-state index contributed by atoms with van der Waals surface area (Å²) in [6, 6.07) is 10.4. The van der Waals surface area contributed by atoms with Gasteiger partial charge in [-0.2, -0.15) is 0 Å². The standard InChI is InChI=1S/C17H28N4/c1-3-18-17(19-12-15-8-6-5-7-9-15)20-13-16-10-11-21(4-2)14-16/h5-9,16H,3-4,10-14H2,1-2H3,(H2,18,19,20). The van der Waals surface area contributed by atoms with Crippen LogP contribution in [0.15, 0.2) is 35.3 Å². The molecule has 1 fully saturated rings. The lowest BCUT2D eigenvalue weighted by atomic mass is 10.1. The first-order valence-electron chi connectivity index (χ1n) is 8.10. The van der Waals surface area contributed by atoms with Gasteiger partial charge in [-0.15, -0.1) is 0 Å². The molecule has 1 atom stereocenters. The Morgan fingerprint density at radius 1 is 1.24 bits per heavy atom. The lowest BCUT2D eigenvalue weighted by molar-refractivity contribution is 0.342. The minimum absolute atomic E-state index is 0.724. The second kappa shape index (κ2) is 8.67.